The Balaban J connectivity index is 2.33. The summed E-state index contributed by atoms with van der Waals surface area (Å²) in [6.07, 6.45) is 0.651. The molecule has 2 atom stereocenters. The first-order valence-corrected chi connectivity index (χ1v) is 5.11. The van der Waals surface area contributed by atoms with Crippen LogP contribution >= 0.6 is 0 Å². The van der Waals surface area contributed by atoms with Gasteiger partial charge in [-0.15, -0.1) is 0 Å². The summed E-state index contributed by atoms with van der Waals surface area (Å²) in [6, 6.07) is 0.535. The quantitative estimate of drug-likeness (QED) is 0.670. The number of nitrogens with one attached hydrogen (secondary N) is 2. The summed E-state index contributed by atoms with van der Waals surface area (Å²) in [7, 11) is 0. The van der Waals surface area contributed by atoms with E-state index in [9.17, 15) is 4.79 Å². The van der Waals surface area contributed by atoms with Crippen LogP contribution in [-0.4, -0.2) is 30.3 Å². The molecule has 0 aromatic heterocycles. The van der Waals surface area contributed by atoms with Gasteiger partial charge in [0.15, 0.2) is 0 Å². The summed E-state index contributed by atoms with van der Waals surface area (Å²) >= 11 is 0. The molecule has 0 aromatic carbocycles. The monoisotopic (exact) mass is 200 g/mol. The zero-order valence-electron chi connectivity index (χ0n) is 9.39. The van der Waals surface area contributed by atoms with E-state index in [1.54, 1.807) is 0 Å². The molecule has 1 rings (SSSR count). The molecule has 1 heterocycles. The second kappa shape index (κ2) is 4.17. The van der Waals surface area contributed by atoms with Crippen LogP contribution in [0, 0.1) is 0 Å². The topological polar surface area (TPSA) is 50.4 Å². The Morgan fingerprint density at radius 3 is 2.57 bits per heavy atom. The SMILES string of the molecule is C[C@H]1NCC[C@H]1NC(=O)OC(C)(C)C. The van der Waals surface area contributed by atoms with Crippen LogP contribution in [0.2, 0.25) is 0 Å². The molecule has 82 valence electrons. The normalized spacial score (nSPS) is 27.4. The van der Waals surface area contributed by atoms with Gasteiger partial charge in [0.05, 0.1) is 0 Å². The van der Waals surface area contributed by atoms with Crippen LogP contribution in [0.4, 0.5) is 4.79 Å². The predicted octanol–water partition coefficient (Wildman–Crippen LogP) is 1.26. The van der Waals surface area contributed by atoms with E-state index in [1.807, 2.05) is 20.8 Å². The third-order valence-electron chi connectivity index (χ3n) is 2.23. The van der Waals surface area contributed by atoms with Crippen molar-refractivity contribution >= 4 is 6.09 Å². The minimum atomic E-state index is -0.417. The van der Waals surface area contributed by atoms with Crippen molar-refractivity contribution in [3.63, 3.8) is 0 Å². The third kappa shape index (κ3) is 3.54. The molecule has 4 nitrogen and oxygen atoms in total. The molecular weight excluding hydrogens is 180 g/mol. The van der Waals surface area contributed by atoms with Gasteiger partial charge in [-0.25, -0.2) is 4.79 Å². The molecule has 0 bridgehead atoms. The first-order chi connectivity index (χ1) is 6.38. The van der Waals surface area contributed by atoms with E-state index in [-0.39, 0.29) is 12.1 Å². The van der Waals surface area contributed by atoms with Crippen molar-refractivity contribution in [2.75, 3.05) is 6.54 Å². The molecule has 2 N–H and O–H groups in total. The van der Waals surface area contributed by atoms with Crippen molar-refractivity contribution in [2.24, 2.45) is 0 Å². The Hall–Kier alpha value is -0.770. The number of rotatable bonds is 1. The molecule has 14 heavy (non-hydrogen) atoms. The molecule has 1 amide bonds. The minimum Gasteiger partial charge on any atom is -0.444 e. The van der Waals surface area contributed by atoms with Gasteiger partial charge in [0.25, 0.3) is 0 Å². The number of amides is 1. The average Bonchev–Trinajstić information content (AvgIpc) is 2.32. The zero-order chi connectivity index (χ0) is 10.8. The summed E-state index contributed by atoms with van der Waals surface area (Å²) in [5, 5.41) is 6.13. The van der Waals surface area contributed by atoms with Crippen molar-refractivity contribution in [1.82, 2.24) is 10.6 Å². The molecule has 0 unspecified atom stereocenters. The Kier molecular flexibility index (Phi) is 3.37. The second-order valence-corrected chi connectivity index (χ2v) is 4.78. The predicted molar refractivity (Wildman–Crippen MR) is 55.2 cm³/mol. The molecule has 1 saturated heterocycles. The van der Waals surface area contributed by atoms with Gasteiger partial charge in [-0.1, -0.05) is 0 Å². The van der Waals surface area contributed by atoms with Gasteiger partial charge in [0, 0.05) is 12.1 Å². The fraction of sp³-hybridized carbons (Fsp3) is 0.900. The van der Waals surface area contributed by atoms with Crippen molar-refractivity contribution in [2.45, 2.75) is 51.8 Å². The highest BCUT2D eigenvalue weighted by Crippen LogP contribution is 2.10. The van der Waals surface area contributed by atoms with E-state index in [2.05, 4.69) is 17.6 Å². The highest BCUT2D eigenvalue weighted by Gasteiger charge is 2.26. The van der Waals surface area contributed by atoms with Crippen LogP contribution in [0.3, 0.4) is 0 Å². The molecule has 1 fully saturated rings. The number of ether oxygens (including phenoxy) is 1. The number of hydrogen-bond acceptors (Lipinski definition) is 3. The van der Waals surface area contributed by atoms with E-state index in [0.717, 1.165) is 13.0 Å². The van der Waals surface area contributed by atoms with Gasteiger partial charge in [-0.3, -0.25) is 0 Å². The summed E-state index contributed by atoms with van der Waals surface area (Å²) in [4.78, 5) is 11.4. The third-order valence-corrected chi connectivity index (χ3v) is 2.23. The lowest BCUT2D eigenvalue weighted by Crippen LogP contribution is -2.44. The Labute approximate surface area is 85.4 Å². The minimum absolute atomic E-state index is 0.199. The molecule has 0 radical (unpaired) electrons. The van der Waals surface area contributed by atoms with Crippen LogP contribution in [0.25, 0.3) is 0 Å². The van der Waals surface area contributed by atoms with E-state index >= 15 is 0 Å². The molecule has 0 saturated carbocycles. The van der Waals surface area contributed by atoms with Crippen molar-refractivity contribution in [3.8, 4) is 0 Å². The Morgan fingerprint density at radius 2 is 2.14 bits per heavy atom. The summed E-state index contributed by atoms with van der Waals surface area (Å²) in [6.45, 7) is 8.62. The maximum Gasteiger partial charge on any atom is 0.407 e. The van der Waals surface area contributed by atoms with Gasteiger partial charge in [-0.2, -0.15) is 0 Å². The molecule has 1 aliphatic rings. The molecule has 0 spiro atoms. The summed E-state index contributed by atoms with van der Waals surface area (Å²) in [5.41, 5.74) is -0.417. The first kappa shape index (κ1) is 11.3. The largest absolute Gasteiger partial charge is 0.444 e. The van der Waals surface area contributed by atoms with E-state index in [0.29, 0.717) is 6.04 Å². The van der Waals surface area contributed by atoms with Gasteiger partial charge < -0.3 is 15.4 Å². The standard InChI is InChI=1S/C10H20N2O2/c1-7-8(5-6-11-7)12-9(13)14-10(2,3)4/h7-8,11H,5-6H2,1-4H3,(H,12,13)/t7-,8-/m1/s1. The highest BCUT2D eigenvalue weighted by atomic mass is 16.6. The van der Waals surface area contributed by atoms with Gasteiger partial charge in [-0.05, 0) is 40.7 Å². The summed E-state index contributed by atoms with van der Waals surface area (Å²) in [5.74, 6) is 0. The lowest BCUT2D eigenvalue weighted by Gasteiger charge is -2.23. The smallest absolute Gasteiger partial charge is 0.407 e. The van der Waals surface area contributed by atoms with Gasteiger partial charge in [0.2, 0.25) is 0 Å². The second-order valence-electron chi connectivity index (χ2n) is 4.78. The molecule has 1 aliphatic heterocycles. The van der Waals surface area contributed by atoms with Crippen LogP contribution in [0.15, 0.2) is 0 Å². The van der Waals surface area contributed by atoms with Crippen LogP contribution in [0.1, 0.15) is 34.1 Å². The highest BCUT2D eigenvalue weighted by molar-refractivity contribution is 5.68. The fourth-order valence-electron chi connectivity index (χ4n) is 1.51. The Bertz CT molecular complexity index is 211. The maximum atomic E-state index is 11.4. The van der Waals surface area contributed by atoms with Crippen molar-refractivity contribution in [1.29, 1.82) is 0 Å². The fourth-order valence-corrected chi connectivity index (χ4v) is 1.51. The lowest BCUT2D eigenvalue weighted by molar-refractivity contribution is 0.0501. The molecule has 0 aromatic rings. The Morgan fingerprint density at radius 1 is 1.50 bits per heavy atom. The van der Waals surface area contributed by atoms with Crippen LogP contribution in [0.5, 0.6) is 0 Å². The van der Waals surface area contributed by atoms with Crippen molar-refractivity contribution < 1.29 is 9.53 Å². The van der Waals surface area contributed by atoms with E-state index in [4.69, 9.17) is 4.74 Å². The lowest BCUT2D eigenvalue weighted by atomic mass is 10.1. The summed E-state index contributed by atoms with van der Waals surface area (Å²) < 4.78 is 5.17. The van der Waals surface area contributed by atoms with Gasteiger partial charge >= 0.3 is 6.09 Å². The zero-order valence-corrected chi connectivity index (χ0v) is 9.39. The van der Waals surface area contributed by atoms with Crippen molar-refractivity contribution in [3.05, 3.63) is 0 Å². The number of carbonyl (C=O) groups excluding carboxylic acids is 1. The number of hydrogen-bond donors (Lipinski definition) is 2. The van der Waals surface area contributed by atoms with Gasteiger partial charge in [0.1, 0.15) is 5.60 Å². The van der Waals surface area contributed by atoms with Crippen LogP contribution in [-0.2, 0) is 4.74 Å². The first-order valence-electron chi connectivity index (χ1n) is 5.11. The van der Waals surface area contributed by atoms with Crippen LogP contribution < -0.4 is 10.6 Å². The van der Waals surface area contributed by atoms with E-state index < -0.39 is 5.60 Å². The average molecular weight is 200 g/mol. The molecular formula is C10H20N2O2. The number of alkyl carbamates (subject to hydrolysis) is 1. The number of carbonyl (C=O) groups is 1. The van der Waals surface area contributed by atoms with E-state index in [1.165, 1.54) is 0 Å². The maximum absolute atomic E-state index is 11.4. The molecule has 4 heteroatoms. The molecule has 0 aliphatic carbocycles.